The molecule has 2 atom stereocenters. The van der Waals surface area contributed by atoms with E-state index in [1.54, 1.807) is 6.07 Å². The first kappa shape index (κ1) is 20.3. The van der Waals surface area contributed by atoms with Crippen LogP contribution in [0.15, 0.2) is 48.7 Å². The molecule has 3 aromatic rings. The molecule has 0 fully saturated rings. The Kier molecular flexibility index (Phi) is 6.43. The number of hydrogen-bond donors (Lipinski definition) is 4. The van der Waals surface area contributed by atoms with Gasteiger partial charge in [0, 0.05) is 11.9 Å². The highest BCUT2D eigenvalue weighted by atomic mass is 16.5. The lowest BCUT2D eigenvalue weighted by Crippen LogP contribution is -2.35. The maximum Gasteiger partial charge on any atom is 0.407 e. The van der Waals surface area contributed by atoms with Gasteiger partial charge < -0.3 is 25.0 Å². The minimum absolute atomic E-state index is 0.0876. The number of fused-ring (bicyclic) bond motifs is 1. The number of esters is 1. The second-order valence-electron chi connectivity index (χ2n) is 6.35. The van der Waals surface area contributed by atoms with Crippen LogP contribution in [0.2, 0.25) is 0 Å². The summed E-state index contributed by atoms with van der Waals surface area (Å²) in [4.78, 5) is 23.8. The zero-order chi connectivity index (χ0) is 20.8. The van der Waals surface area contributed by atoms with Gasteiger partial charge >= 0.3 is 12.1 Å². The molecule has 2 aromatic carbocycles. The molecule has 0 aliphatic rings. The minimum Gasteiger partial charge on any atom is -0.465 e. The van der Waals surface area contributed by atoms with E-state index in [0.717, 1.165) is 5.56 Å². The number of alkyl carbamates (subject to hydrolysis) is 1. The van der Waals surface area contributed by atoms with Gasteiger partial charge in [-0.1, -0.05) is 30.3 Å². The quantitative estimate of drug-likeness (QED) is 0.444. The molecule has 0 aliphatic carbocycles. The van der Waals surface area contributed by atoms with Crippen molar-refractivity contribution in [3.05, 3.63) is 65.4 Å². The van der Waals surface area contributed by atoms with Crippen LogP contribution < -0.4 is 5.32 Å². The third-order valence-corrected chi connectivity index (χ3v) is 4.36. The summed E-state index contributed by atoms with van der Waals surface area (Å²) in [6, 6.07) is 12.1. The molecule has 1 heterocycles. The number of methoxy groups -OCH3 is 1. The number of aromatic nitrogens is 2. The largest absolute Gasteiger partial charge is 0.465 e. The Morgan fingerprint density at radius 2 is 1.97 bits per heavy atom. The van der Waals surface area contributed by atoms with Crippen LogP contribution in [0, 0.1) is 0 Å². The van der Waals surface area contributed by atoms with E-state index >= 15 is 0 Å². The Labute approximate surface area is 166 Å². The van der Waals surface area contributed by atoms with E-state index in [1.165, 1.54) is 19.4 Å². The molecule has 1 amide bonds. The number of ether oxygens (including phenoxy) is 2. The Hall–Kier alpha value is -3.43. The number of H-pyrrole nitrogens is 1. The molecule has 9 nitrogen and oxygen atoms in total. The molecule has 0 aliphatic heterocycles. The number of hydrogen-bond acceptors (Lipinski definition) is 7. The molecule has 0 spiro atoms. The lowest BCUT2D eigenvalue weighted by atomic mass is 9.99. The van der Waals surface area contributed by atoms with E-state index in [1.807, 2.05) is 30.3 Å². The predicted octanol–water partition coefficient (Wildman–Crippen LogP) is 1.67. The van der Waals surface area contributed by atoms with E-state index in [2.05, 4.69) is 15.5 Å². The van der Waals surface area contributed by atoms with Crippen LogP contribution in [0.3, 0.4) is 0 Å². The Morgan fingerprint density at radius 3 is 2.69 bits per heavy atom. The highest BCUT2D eigenvalue weighted by Crippen LogP contribution is 2.25. The van der Waals surface area contributed by atoms with Crippen molar-refractivity contribution < 1.29 is 29.3 Å². The fourth-order valence-electron chi connectivity index (χ4n) is 2.82. The lowest BCUT2D eigenvalue weighted by Gasteiger charge is -2.19. The van der Waals surface area contributed by atoms with Crippen LogP contribution in [0.5, 0.6) is 0 Å². The molecule has 1 aromatic heterocycles. The summed E-state index contributed by atoms with van der Waals surface area (Å²) in [6.07, 6.45) is -1.94. The number of aliphatic hydroxyl groups is 2. The highest BCUT2D eigenvalue weighted by molar-refractivity contribution is 6.03. The number of carbonyl (C=O) groups is 2. The van der Waals surface area contributed by atoms with Gasteiger partial charge in [0.1, 0.15) is 18.8 Å². The van der Waals surface area contributed by atoms with Crippen LogP contribution in [0.25, 0.3) is 10.9 Å². The highest BCUT2D eigenvalue weighted by Gasteiger charge is 2.23. The Morgan fingerprint density at radius 1 is 1.21 bits per heavy atom. The average molecular weight is 399 g/mol. The van der Waals surface area contributed by atoms with Gasteiger partial charge in [-0.05, 0) is 23.3 Å². The summed E-state index contributed by atoms with van der Waals surface area (Å²) in [5.41, 5.74) is 1.81. The third-order valence-electron chi connectivity index (χ3n) is 4.36. The minimum atomic E-state index is -1.36. The monoisotopic (exact) mass is 399 g/mol. The van der Waals surface area contributed by atoms with Crippen LogP contribution in [-0.2, 0) is 16.1 Å². The van der Waals surface area contributed by atoms with Gasteiger partial charge in [-0.2, -0.15) is 5.10 Å². The summed E-state index contributed by atoms with van der Waals surface area (Å²) < 4.78 is 9.81. The normalized spacial score (nSPS) is 12.9. The second-order valence-corrected chi connectivity index (χ2v) is 6.35. The van der Waals surface area contributed by atoms with Crippen molar-refractivity contribution in [2.75, 3.05) is 13.7 Å². The van der Waals surface area contributed by atoms with Gasteiger partial charge in [-0.25, -0.2) is 9.59 Å². The zero-order valence-corrected chi connectivity index (χ0v) is 15.7. The predicted molar refractivity (Wildman–Crippen MR) is 103 cm³/mol. The second kappa shape index (κ2) is 9.18. The van der Waals surface area contributed by atoms with Crippen LogP contribution in [-0.4, -0.2) is 52.2 Å². The molecule has 152 valence electrons. The summed E-state index contributed by atoms with van der Waals surface area (Å²) in [5.74, 6) is -0.595. The standard InChI is InChI=1S/C20H21N3O6/c1-28-19(26)14-7-13(8-16-15(14)9-22-23-16)18(25)17(24)10-21-20(27)29-11-12-5-3-2-4-6-12/h2-9,17-18,24-25H,10-11H2,1H3,(H,21,27)(H,22,23). The fraction of sp³-hybridized carbons (Fsp3) is 0.250. The Balaban J connectivity index is 1.61. The molecule has 9 heteroatoms. The number of amides is 1. The van der Waals surface area contributed by atoms with Crippen molar-refractivity contribution in [2.24, 2.45) is 0 Å². The average Bonchev–Trinajstić information content (AvgIpc) is 3.23. The van der Waals surface area contributed by atoms with Crippen molar-refractivity contribution in [3.8, 4) is 0 Å². The van der Waals surface area contributed by atoms with Gasteiger partial charge in [0.15, 0.2) is 0 Å². The molecular formula is C20H21N3O6. The molecule has 2 unspecified atom stereocenters. The summed E-state index contributed by atoms with van der Waals surface area (Å²) >= 11 is 0. The molecule has 0 bridgehead atoms. The summed E-state index contributed by atoms with van der Waals surface area (Å²) in [6.45, 7) is -0.159. The zero-order valence-electron chi connectivity index (χ0n) is 15.7. The first-order valence-electron chi connectivity index (χ1n) is 8.85. The van der Waals surface area contributed by atoms with Crippen molar-refractivity contribution >= 4 is 23.0 Å². The molecule has 4 N–H and O–H groups in total. The van der Waals surface area contributed by atoms with Gasteiger partial charge in [0.25, 0.3) is 0 Å². The molecule has 0 saturated heterocycles. The fourth-order valence-corrected chi connectivity index (χ4v) is 2.82. The van der Waals surface area contributed by atoms with Crippen molar-refractivity contribution in [3.63, 3.8) is 0 Å². The number of nitrogens with one attached hydrogen (secondary N) is 2. The number of aliphatic hydroxyl groups excluding tert-OH is 2. The number of nitrogens with zero attached hydrogens (tertiary/aromatic N) is 1. The van der Waals surface area contributed by atoms with E-state index in [9.17, 15) is 19.8 Å². The molecule has 3 rings (SSSR count). The molecule has 0 saturated carbocycles. The van der Waals surface area contributed by atoms with E-state index in [4.69, 9.17) is 9.47 Å². The van der Waals surface area contributed by atoms with Crippen molar-refractivity contribution in [1.82, 2.24) is 15.5 Å². The number of aromatic amines is 1. The lowest BCUT2D eigenvalue weighted by molar-refractivity contribution is 0.0184. The SMILES string of the molecule is COC(=O)c1cc(C(O)C(O)CNC(=O)OCc2ccccc2)cc2[nH]ncc12. The summed E-state index contributed by atoms with van der Waals surface area (Å²) in [7, 11) is 1.25. The van der Waals surface area contributed by atoms with Gasteiger partial charge in [0.05, 0.1) is 24.4 Å². The number of rotatable bonds is 7. The molecule has 29 heavy (non-hydrogen) atoms. The molecular weight excluding hydrogens is 378 g/mol. The first-order chi connectivity index (χ1) is 14.0. The van der Waals surface area contributed by atoms with Gasteiger partial charge in [0.2, 0.25) is 0 Å². The van der Waals surface area contributed by atoms with E-state index < -0.39 is 24.3 Å². The van der Waals surface area contributed by atoms with Gasteiger partial charge in [-0.3, -0.25) is 5.10 Å². The van der Waals surface area contributed by atoms with Crippen LogP contribution in [0.4, 0.5) is 4.79 Å². The maximum absolute atomic E-state index is 12.0. The van der Waals surface area contributed by atoms with Crippen molar-refractivity contribution in [2.45, 2.75) is 18.8 Å². The van der Waals surface area contributed by atoms with Crippen LogP contribution >= 0.6 is 0 Å². The number of benzene rings is 2. The third kappa shape index (κ3) is 4.89. The van der Waals surface area contributed by atoms with E-state index in [0.29, 0.717) is 10.9 Å². The van der Waals surface area contributed by atoms with Crippen molar-refractivity contribution in [1.29, 1.82) is 0 Å². The molecule has 0 radical (unpaired) electrons. The summed E-state index contributed by atoms with van der Waals surface area (Å²) in [5, 5.41) is 30.2. The first-order valence-corrected chi connectivity index (χ1v) is 8.85. The maximum atomic E-state index is 12.0. The topological polar surface area (TPSA) is 134 Å². The van der Waals surface area contributed by atoms with Crippen LogP contribution in [0.1, 0.15) is 27.6 Å². The number of carbonyl (C=O) groups excluding carboxylic acids is 2. The van der Waals surface area contributed by atoms with Gasteiger partial charge in [-0.15, -0.1) is 0 Å². The van der Waals surface area contributed by atoms with E-state index in [-0.39, 0.29) is 24.3 Å². The smallest absolute Gasteiger partial charge is 0.407 e. The Bertz CT molecular complexity index is 988.